The van der Waals surface area contributed by atoms with E-state index in [4.69, 9.17) is 0 Å². The monoisotopic (exact) mass is 342 g/mol. The third-order valence-corrected chi connectivity index (χ3v) is 4.62. The second-order valence-electron chi connectivity index (χ2n) is 5.54. The first-order valence-corrected chi connectivity index (χ1v) is 8.35. The Labute approximate surface area is 143 Å². The first-order chi connectivity index (χ1) is 11.5. The van der Waals surface area contributed by atoms with Crippen molar-refractivity contribution in [3.05, 3.63) is 65.0 Å². The Kier molecular flexibility index (Phi) is 4.64. The number of rotatable bonds is 5. The van der Waals surface area contributed by atoms with Crippen LogP contribution in [0.1, 0.15) is 11.8 Å². The zero-order chi connectivity index (χ0) is 17.0. The molecule has 3 aromatic rings. The van der Waals surface area contributed by atoms with Gasteiger partial charge in [0.05, 0.1) is 12.2 Å². The van der Waals surface area contributed by atoms with Gasteiger partial charge >= 0.3 is 6.03 Å². The number of benzene rings is 1. The van der Waals surface area contributed by atoms with Gasteiger partial charge in [0, 0.05) is 17.1 Å². The van der Waals surface area contributed by atoms with Gasteiger partial charge in [0.25, 0.3) is 0 Å². The number of hydrogen-bond donors (Lipinski definition) is 3. The molecule has 2 heterocycles. The molecular formula is C17H18N4O2S. The molecule has 0 saturated carbocycles. The number of aliphatic hydroxyl groups is 1. The topological polar surface area (TPSA) is 79.2 Å². The van der Waals surface area contributed by atoms with Gasteiger partial charge in [0.1, 0.15) is 5.60 Å². The van der Waals surface area contributed by atoms with Crippen LogP contribution in [0.3, 0.4) is 0 Å². The summed E-state index contributed by atoms with van der Waals surface area (Å²) >= 11 is 1.45. The van der Waals surface area contributed by atoms with E-state index in [-0.39, 0.29) is 6.54 Å². The van der Waals surface area contributed by atoms with Crippen molar-refractivity contribution >= 4 is 23.2 Å². The fraction of sp³-hybridized carbons (Fsp3) is 0.176. The highest BCUT2D eigenvalue weighted by atomic mass is 32.1. The highest BCUT2D eigenvalue weighted by molar-refractivity contribution is 7.10. The molecule has 0 aliphatic rings. The van der Waals surface area contributed by atoms with Gasteiger partial charge in [-0.05, 0) is 30.5 Å². The predicted molar refractivity (Wildman–Crippen MR) is 94.5 cm³/mol. The van der Waals surface area contributed by atoms with Gasteiger partial charge in [-0.25, -0.2) is 9.48 Å². The van der Waals surface area contributed by atoms with E-state index in [0.29, 0.717) is 5.82 Å². The van der Waals surface area contributed by atoms with E-state index in [0.717, 1.165) is 10.6 Å². The van der Waals surface area contributed by atoms with Crippen LogP contribution in [0.2, 0.25) is 0 Å². The lowest BCUT2D eigenvalue weighted by Gasteiger charge is -2.22. The maximum Gasteiger partial charge on any atom is 0.320 e. The first kappa shape index (κ1) is 16.2. The summed E-state index contributed by atoms with van der Waals surface area (Å²) in [5, 5.41) is 21.9. The normalized spacial score (nSPS) is 13.2. The van der Waals surface area contributed by atoms with Crippen molar-refractivity contribution in [2.45, 2.75) is 12.5 Å². The zero-order valence-electron chi connectivity index (χ0n) is 13.1. The number of nitrogens with zero attached hydrogens (tertiary/aromatic N) is 2. The molecular weight excluding hydrogens is 324 g/mol. The Balaban J connectivity index is 1.57. The van der Waals surface area contributed by atoms with Crippen molar-refractivity contribution in [1.29, 1.82) is 0 Å². The molecule has 24 heavy (non-hydrogen) atoms. The van der Waals surface area contributed by atoms with Crippen molar-refractivity contribution in [3.63, 3.8) is 0 Å². The number of anilines is 1. The molecule has 0 saturated heterocycles. The molecule has 7 heteroatoms. The molecule has 2 aromatic heterocycles. The SMILES string of the molecule is CC(O)(CNC(=O)Nc1ccn(-c2ccccc2)n1)c1cccs1. The van der Waals surface area contributed by atoms with Crippen molar-refractivity contribution in [2.24, 2.45) is 0 Å². The highest BCUT2D eigenvalue weighted by Gasteiger charge is 2.24. The summed E-state index contributed by atoms with van der Waals surface area (Å²) in [6, 6.07) is 14.6. The van der Waals surface area contributed by atoms with Crippen LogP contribution >= 0.6 is 11.3 Å². The summed E-state index contributed by atoms with van der Waals surface area (Å²) < 4.78 is 1.68. The minimum absolute atomic E-state index is 0.110. The minimum atomic E-state index is -1.10. The van der Waals surface area contributed by atoms with Gasteiger partial charge in [0.2, 0.25) is 0 Å². The average Bonchev–Trinajstić information content (AvgIpc) is 3.26. The Hall–Kier alpha value is -2.64. The molecule has 0 radical (unpaired) electrons. The Morgan fingerprint density at radius 3 is 2.75 bits per heavy atom. The van der Waals surface area contributed by atoms with Crippen LogP contribution < -0.4 is 10.6 Å². The molecule has 1 unspecified atom stereocenters. The first-order valence-electron chi connectivity index (χ1n) is 7.47. The van der Waals surface area contributed by atoms with Gasteiger partial charge in [-0.15, -0.1) is 16.4 Å². The van der Waals surface area contributed by atoms with Crippen molar-refractivity contribution in [2.75, 3.05) is 11.9 Å². The van der Waals surface area contributed by atoms with E-state index in [1.807, 2.05) is 47.8 Å². The fourth-order valence-electron chi connectivity index (χ4n) is 2.20. The van der Waals surface area contributed by atoms with E-state index in [9.17, 15) is 9.90 Å². The van der Waals surface area contributed by atoms with Crippen molar-refractivity contribution in [1.82, 2.24) is 15.1 Å². The van der Waals surface area contributed by atoms with Crippen LogP contribution in [0, 0.1) is 0 Å². The molecule has 6 nitrogen and oxygen atoms in total. The molecule has 2 amide bonds. The maximum absolute atomic E-state index is 12.0. The number of carbonyl (C=O) groups is 1. The van der Waals surface area contributed by atoms with Crippen LogP contribution in [0.4, 0.5) is 10.6 Å². The number of para-hydroxylation sites is 1. The molecule has 0 fully saturated rings. The lowest BCUT2D eigenvalue weighted by atomic mass is 10.1. The van der Waals surface area contributed by atoms with Gasteiger partial charge in [0.15, 0.2) is 5.82 Å². The summed E-state index contributed by atoms with van der Waals surface area (Å²) in [6.45, 7) is 1.78. The van der Waals surface area contributed by atoms with Gasteiger partial charge in [-0.1, -0.05) is 24.3 Å². The quantitative estimate of drug-likeness (QED) is 0.667. The van der Waals surface area contributed by atoms with E-state index < -0.39 is 11.6 Å². The summed E-state index contributed by atoms with van der Waals surface area (Å²) in [7, 11) is 0. The molecule has 0 spiro atoms. The van der Waals surface area contributed by atoms with Crippen LogP contribution in [0.25, 0.3) is 5.69 Å². The minimum Gasteiger partial charge on any atom is -0.383 e. The lowest BCUT2D eigenvalue weighted by Crippen LogP contribution is -2.40. The molecule has 3 rings (SSSR count). The molecule has 3 N–H and O–H groups in total. The molecule has 0 aliphatic carbocycles. The summed E-state index contributed by atoms with van der Waals surface area (Å²) in [6.07, 6.45) is 1.77. The average molecular weight is 342 g/mol. The lowest BCUT2D eigenvalue weighted by molar-refractivity contribution is 0.0637. The Morgan fingerprint density at radius 2 is 2.04 bits per heavy atom. The van der Waals surface area contributed by atoms with Gasteiger partial charge in [-0.2, -0.15) is 0 Å². The van der Waals surface area contributed by atoms with Gasteiger partial charge < -0.3 is 10.4 Å². The van der Waals surface area contributed by atoms with Gasteiger partial charge in [-0.3, -0.25) is 5.32 Å². The van der Waals surface area contributed by atoms with Crippen molar-refractivity contribution < 1.29 is 9.90 Å². The van der Waals surface area contributed by atoms with Crippen LogP contribution in [-0.4, -0.2) is 27.5 Å². The van der Waals surface area contributed by atoms with E-state index in [1.165, 1.54) is 11.3 Å². The van der Waals surface area contributed by atoms with Crippen molar-refractivity contribution in [3.8, 4) is 5.69 Å². The predicted octanol–water partition coefficient (Wildman–Crippen LogP) is 2.96. The number of hydrogen-bond acceptors (Lipinski definition) is 4. The summed E-state index contributed by atoms with van der Waals surface area (Å²) in [5.41, 5.74) is -0.193. The number of nitrogens with one attached hydrogen (secondary N) is 2. The molecule has 0 aliphatic heterocycles. The number of carbonyl (C=O) groups excluding carboxylic acids is 1. The summed E-state index contributed by atoms with van der Waals surface area (Å²) in [5.74, 6) is 0.437. The van der Waals surface area contributed by atoms with Crippen LogP contribution in [0.15, 0.2) is 60.1 Å². The molecule has 0 bridgehead atoms. The van der Waals surface area contributed by atoms with E-state index >= 15 is 0 Å². The van der Waals surface area contributed by atoms with Crippen LogP contribution in [0.5, 0.6) is 0 Å². The van der Waals surface area contributed by atoms with Crippen LogP contribution in [-0.2, 0) is 5.60 Å². The maximum atomic E-state index is 12.0. The standard InChI is InChI=1S/C17H18N4O2S/c1-17(23,14-8-5-11-24-14)12-18-16(22)19-15-9-10-21(20-15)13-6-3-2-4-7-13/h2-11,23H,12H2,1H3,(H2,18,19,20,22). The van der Waals surface area contributed by atoms with E-state index in [1.54, 1.807) is 23.9 Å². The molecule has 1 atom stereocenters. The molecule has 124 valence electrons. The van der Waals surface area contributed by atoms with E-state index in [2.05, 4.69) is 15.7 Å². The largest absolute Gasteiger partial charge is 0.383 e. The number of aromatic nitrogens is 2. The number of urea groups is 1. The second kappa shape index (κ2) is 6.86. The fourth-order valence-corrected chi connectivity index (χ4v) is 2.99. The third-order valence-electron chi connectivity index (χ3n) is 3.50. The zero-order valence-corrected chi connectivity index (χ0v) is 14.0. The summed E-state index contributed by atoms with van der Waals surface area (Å²) in [4.78, 5) is 12.8. The smallest absolute Gasteiger partial charge is 0.320 e. The Bertz CT molecular complexity index is 797. The molecule has 1 aromatic carbocycles. The second-order valence-corrected chi connectivity index (χ2v) is 6.49. The Morgan fingerprint density at radius 1 is 1.25 bits per heavy atom. The number of thiophene rings is 1. The highest BCUT2D eigenvalue weighted by Crippen LogP contribution is 2.24. The third kappa shape index (κ3) is 3.81. The number of amides is 2.